The average molecular weight is 291 g/mol. The largest absolute Gasteiger partial charge is 0.347 e. The summed E-state index contributed by atoms with van der Waals surface area (Å²) in [5, 5.41) is 4.83. The van der Waals surface area contributed by atoms with E-state index in [1.54, 1.807) is 24.7 Å². The Morgan fingerprint density at radius 2 is 1.88 bits per heavy atom. The van der Waals surface area contributed by atoms with Gasteiger partial charge < -0.3 is 10.3 Å². The van der Waals surface area contributed by atoms with Crippen molar-refractivity contribution in [1.82, 2.24) is 15.3 Å². The van der Waals surface area contributed by atoms with Crippen LogP contribution in [0.2, 0.25) is 15.1 Å². The van der Waals surface area contributed by atoms with Crippen molar-refractivity contribution in [3.8, 4) is 0 Å². The molecular weight excluding hydrogens is 281 g/mol. The molecule has 0 saturated heterocycles. The van der Waals surface area contributed by atoms with Gasteiger partial charge in [-0.25, -0.2) is 4.98 Å². The van der Waals surface area contributed by atoms with E-state index in [9.17, 15) is 0 Å². The SMILES string of the molecule is Clc1ccc(Cl)c(CNCc2cnc[nH]2)c1Cl. The number of nitrogens with one attached hydrogen (secondary N) is 2. The Bertz CT molecular complexity index is 497. The number of rotatable bonds is 4. The Kier molecular flexibility index (Phi) is 4.29. The lowest BCUT2D eigenvalue weighted by molar-refractivity contribution is 0.682. The van der Waals surface area contributed by atoms with Gasteiger partial charge in [0.15, 0.2) is 0 Å². The number of halogens is 3. The summed E-state index contributed by atoms with van der Waals surface area (Å²) < 4.78 is 0. The number of aromatic nitrogens is 2. The molecule has 0 saturated carbocycles. The van der Waals surface area contributed by atoms with E-state index in [1.807, 2.05) is 0 Å². The normalized spacial score (nSPS) is 10.8. The summed E-state index contributed by atoms with van der Waals surface area (Å²) in [7, 11) is 0. The third-order valence-electron chi connectivity index (χ3n) is 2.31. The van der Waals surface area contributed by atoms with E-state index >= 15 is 0 Å². The maximum absolute atomic E-state index is 6.08. The van der Waals surface area contributed by atoms with Crippen LogP contribution < -0.4 is 5.32 Å². The maximum Gasteiger partial charge on any atom is 0.0922 e. The second-order valence-electron chi connectivity index (χ2n) is 3.50. The molecule has 0 atom stereocenters. The van der Waals surface area contributed by atoms with Crippen molar-refractivity contribution < 1.29 is 0 Å². The number of hydrogen-bond acceptors (Lipinski definition) is 2. The van der Waals surface area contributed by atoms with Crippen molar-refractivity contribution in [2.75, 3.05) is 0 Å². The zero-order valence-electron chi connectivity index (χ0n) is 8.80. The van der Waals surface area contributed by atoms with Crippen LogP contribution in [-0.4, -0.2) is 9.97 Å². The fourth-order valence-electron chi connectivity index (χ4n) is 1.43. The minimum absolute atomic E-state index is 0.497. The molecule has 2 rings (SSSR count). The molecule has 0 aliphatic rings. The number of imidazole rings is 1. The van der Waals surface area contributed by atoms with Gasteiger partial charge in [0.05, 0.1) is 16.4 Å². The number of nitrogens with zero attached hydrogens (tertiary/aromatic N) is 1. The van der Waals surface area contributed by atoms with Crippen LogP contribution in [0.25, 0.3) is 0 Å². The van der Waals surface area contributed by atoms with Gasteiger partial charge in [-0.3, -0.25) is 0 Å². The number of H-pyrrole nitrogens is 1. The molecule has 2 N–H and O–H groups in total. The Balaban J connectivity index is 2.01. The second kappa shape index (κ2) is 5.74. The van der Waals surface area contributed by atoms with Crippen molar-refractivity contribution in [1.29, 1.82) is 0 Å². The quantitative estimate of drug-likeness (QED) is 0.844. The number of aromatic amines is 1. The van der Waals surface area contributed by atoms with Gasteiger partial charge in [-0.1, -0.05) is 34.8 Å². The van der Waals surface area contributed by atoms with Gasteiger partial charge in [-0.15, -0.1) is 0 Å². The van der Waals surface area contributed by atoms with Crippen molar-refractivity contribution in [2.24, 2.45) is 0 Å². The van der Waals surface area contributed by atoms with E-state index in [4.69, 9.17) is 34.8 Å². The van der Waals surface area contributed by atoms with Crippen LogP contribution in [0.3, 0.4) is 0 Å². The minimum atomic E-state index is 0.497. The van der Waals surface area contributed by atoms with Gasteiger partial charge in [0.25, 0.3) is 0 Å². The topological polar surface area (TPSA) is 40.7 Å². The van der Waals surface area contributed by atoms with Crippen LogP contribution in [0.5, 0.6) is 0 Å². The summed E-state index contributed by atoms with van der Waals surface area (Å²) in [6, 6.07) is 3.42. The van der Waals surface area contributed by atoms with Gasteiger partial charge in [-0.05, 0) is 12.1 Å². The second-order valence-corrected chi connectivity index (χ2v) is 4.69. The number of hydrogen-bond donors (Lipinski definition) is 2. The highest BCUT2D eigenvalue weighted by atomic mass is 35.5. The van der Waals surface area contributed by atoms with Crippen LogP contribution in [-0.2, 0) is 13.1 Å². The Hall–Kier alpha value is -0.740. The average Bonchev–Trinajstić information content (AvgIpc) is 2.81. The summed E-state index contributed by atoms with van der Waals surface area (Å²) >= 11 is 18.1. The molecule has 1 heterocycles. The highest BCUT2D eigenvalue weighted by Gasteiger charge is 2.09. The smallest absolute Gasteiger partial charge is 0.0922 e. The van der Waals surface area contributed by atoms with Crippen LogP contribution >= 0.6 is 34.8 Å². The molecule has 90 valence electrons. The van der Waals surface area contributed by atoms with E-state index in [-0.39, 0.29) is 0 Å². The predicted octanol–water partition coefficient (Wildman–Crippen LogP) is 3.66. The fourth-order valence-corrected chi connectivity index (χ4v) is 2.12. The van der Waals surface area contributed by atoms with Crippen LogP contribution in [0, 0.1) is 0 Å². The Labute approximate surface area is 114 Å². The molecule has 0 bridgehead atoms. The van der Waals surface area contributed by atoms with Crippen molar-refractivity contribution in [2.45, 2.75) is 13.1 Å². The van der Waals surface area contributed by atoms with Gasteiger partial charge in [0.1, 0.15) is 0 Å². The first-order valence-electron chi connectivity index (χ1n) is 4.99. The first-order chi connectivity index (χ1) is 8.18. The van der Waals surface area contributed by atoms with Crippen LogP contribution in [0.15, 0.2) is 24.7 Å². The molecular formula is C11H10Cl3N3. The monoisotopic (exact) mass is 289 g/mol. The maximum atomic E-state index is 6.08. The van der Waals surface area contributed by atoms with Gasteiger partial charge in [0.2, 0.25) is 0 Å². The van der Waals surface area contributed by atoms with Crippen molar-refractivity contribution in [3.05, 3.63) is 51.0 Å². The molecule has 0 fully saturated rings. The van der Waals surface area contributed by atoms with Crippen molar-refractivity contribution in [3.63, 3.8) is 0 Å². The van der Waals surface area contributed by atoms with E-state index in [0.29, 0.717) is 28.2 Å². The molecule has 17 heavy (non-hydrogen) atoms. The fraction of sp³-hybridized carbons (Fsp3) is 0.182. The molecule has 0 aliphatic carbocycles. The van der Waals surface area contributed by atoms with Gasteiger partial charge in [0, 0.05) is 35.6 Å². The first kappa shape index (κ1) is 12.7. The molecule has 1 aromatic heterocycles. The highest BCUT2D eigenvalue weighted by Crippen LogP contribution is 2.31. The summed E-state index contributed by atoms with van der Waals surface area (Å²) in [6.07, 6.45) is 3.39. The minimum Gasteiger partial charge on any atom is -0.347 e. The molecule has 0 aliphatic heterocycles. The lowest BCUT2D eigenvalue weighted by Crippen LogP contribution is -2.13. The lowest BCUT2D eigenvalue weighted by Gasteiger charge is -2.09. The number of benzene rings is 1. The van der Waals surface area contributed by atoms with Crippen LogP contribution in [0.4, 0.5) is 0 Å². The summed E-state index contributed by atoms with van der Waals surface area (Å²) in [4.78, 5) is 6.93. The molecule has 0 amide bonds. The standard InChI is InChI=1S/C11H10Cl3N3/c12-9-1-2-10(13)11(14)8(9)5-15-3-7-4-16-6-17-7/h1-2,4,6,15H,3,5H2,(H,16,17). The summed E-state index contributed by atoms with van der Waals surface area (Å²) in [6.45, 7) is 1.22. The zero-order chi connectivity index (χ0) is 12.3. The van der Waals surface area contributed by atoms with E-state index in [0.717, 1.165) is 11.3 Å². The van der Waals surface area contributed by atoms with Gasteiger partial charge in [-0.2, -0.15) is 0 Å². The third-order valence-corrected chi connectivity index (χ3v) is 3.51. The van der Waals surface area contributed by atoms with E-state index < -0.39 is 0 Å². The molecule has 0 spiro atoms. The Morgan fingerprint density at radius 1 is 1.12 bits per heavy atom. The molecule has 0 radical (unpaired) electrons. The lowest BCUT2D eigenvalue weighted by atomic mass is 10.2. The highest BCUT2D eigenvalue weighted by molar-refractivity contribution is 6.44. The van der Waals surface area contributed by atoms with E-state index in [2.05, 4.69) is 15.3 Å². The molecule has 2 aromatic rings. The van der Waals surface area contributed by atoms with Crippen LogP contribution in [0.1, 0.15) is 11.3 Å². The van der Waals surface area contributed by atoms with Crippen molar-refractivity contribution >= 4 is 34.8 Å². The summed E-state index contributed by atoms with van der Waals surface area (Å²) in [5.74, 6) is 0. The van der Waals surface area contributed by atoms with Gasteiger partial charge >= 0.3 is 0 Å². The summed E-state index contributed by atoms with van der Waals surface area (Å²) in [5.41, 5.74) is 1.81. The molecule has 1 aromatic carbocycles. The molecule has 6 heteroatoms. The zero-order valence-corrected chi connectivity index (χ0v) is 11.1. The molecule has 0 unspecified atom stereocenters. The molecule has 3 nitrogen and oxygen atoms in total. The van der Waals surface area contributed by atoms with E-state index in [1.165, 1.54) is 0 Å². The predicted molar refractivity (Wildman–Crippen MR) is 70.6 cm³/mol. The Morgan fingerprint density at radius 3 is 2.59 bits per heavy atom. The third kappa shape index (κ3) is 3.13. The first-order valence-corrected chi connectivity index (χ1v) is 6.12.